The quantitative estimate of drug-likeness (QED) is 0.539. The molecule has 2 atom stereocenters. The van der Waals surface area contributed by atoms with Gasteiger partial charge in [0.2, 0.25) is 0 Å². The van der Waals surface area contributed by atoms with Crippen molar-refractivity contribution in [2.75, 3.05) is 25.0 Å². The lowest BCUT2D eigenvalue weighted by Crippen LogP contribution is -2.45. The largest absolute Gasteiger partial charge is 0.389 e. The number of pyridine rings is 1. The number of fused-ring (bicyclic) bond motifs is 1. The van der Waals surface area contributed by atoms with E-state index in [4.69, 9.17) is 23.1 Å². The van der Waals surface area contributed by atoms with Crippen LogP contribution in [0.2, 0.25) is 0 Å². The Kier molecular flexibility index (Phi) is 4.53. The molecule has 128 valence electrons. The molecule has 3 heterocycles. The van der Waals surface area contributed by atoms with Crippen LogP contribution in [0.1, 0.15) is 16.8 Å². The van der Waals surface area contributed by atoms with Gasteiger partial charge in [-0.2, -0.15) is 0 Å². The first-order valence-corrected chi connectivity index (χ1v) is 8.14. The Morgan fingerprint density at radius 1 is 1.54 bits per heavy atom. The van der Waals surface area contributed by atoms with Crippen LogP contribution < -0.4 is 21.7 Å². The van der Waals surface area contributed by atoms with Gasteiger partial charge in [0.25, 0.3) is 0 Å². The Bertz CT molecular complexity index is 682. The summed E-state index contributed by atoms with van der Waals surface area (Å²) in [7, 11) is 2.01. The van der Waals surface area contributed by atoms with Crippen molar-refractivity contribution < 1.29 is 4.79 Å². The highest BCUT2D eigenvalue weighted by molar-refractivity contribution is 6.29. The second-order valence-electron chi connectivity index (χ2n) is 6.08. The SMILES string of the molecule is CN(c1ccc(C=O)cn1)C1CC2CNC(N)=C(/C=C(\N)Cl)N2C1. The number of aldehydes is 1. The molecule has 1 aromatic heterocycles. The first kappa shape index (κ1) is 16.4. The molecule has 2 aliphatic heterocycles. The minimum Gasteiger partial charge on any atom is -0.389 e. The molecule has 1 aromatic rings. The summed E-state index contributed by atoms with van der Waals surface area (Å²) in [6.45, 7) is 1.59. The van der Waals surface area contributed by atoms with Crippen LogP contribution in [0.5, 0.6) is 0 Å². The minimum atomic E-state index is 0.207. The van der Waals surface area contributed by atoms with E-state index < -0.39 is 0 Å². The predicted molar refractivity (Wildman–Crippen MR) is 94.3 cm³/mol. The number of anilines is 1. The van der Waals surface area contributed by atoms with Crippen molar-refractivity contribution >= 4 is 23.7 Å². The molecular formula is C16H21ClN6O. The number of nitrogens with zero attached hydrogens (tertiary/aromatic N) is 3. The minimum absolute atomic E-state index is 0.207. The molecule has 0 spiro atoms. The summed E-state index contributed by atoms with van der Waals surface area (Å²) in [5.41, 5.74) is 13.1. The van der Waals surface area contributed by atoms with Gasteiger partial charge in [0.15, 0.2) is 6.29 Å². The summed E-state index contributed by atoms with van der Waals surface area (Å²) in [5, 5.41) is 3.41. The number of allylic oxidation sites excluding steroid dienone is 1. The second-order valence-corrected chi connectivity index (χ2v) is 6.52. The second kappa shape index (κ2) is 6.60. The van der Waals surface area contributed by atoms with Gasteiger partial charge in [-0.15, -0.1) is 0 Å². The zero-order valence-corrected chi connectivity index (χ0v) is 14.2. The van der Waals surface area contributed by atoms with E-state index in [1.807, 2.05) is 13.1 Å². The number of hydrogen-bond donors (Lipinski definition) is 3. The number of halogens is 1. The highest BCUT2D eigenvalue weighted by Gasteiger charge is 2.38. The number of hydrogen-bond acceptors (Lipinski definition) is 7. The summed E-state index contributed by atoms with van der Waals surface area (Å²) < 4.78 is 0. The monoisotopic (exact) mass is 348 g/mol. The van der Waals surface area contributed by atoms with Gasteiger partial charge in [-0.05, 0) is 24.6 Å². The third kappa shape index (κ3) is 3.12. The van der Waals surface area contributed by atoms with Crippen molar-refractivity contribution in [3.8, 4) is 0 Å². The summed E-state index contributed by atoms with van der Waals surface area (Å²) in [4.78, 5) is 19.5. The zero-order chi connectivity index (χ0) is 17.3. The van der Waals surface area contributed by atoms with E-state index in [0.29, 0.717) is 17.4 Å². The molecule has 1 fully saturated rings. The molecule has 0 saturated carbocycles. The number of aromatic nitrogens is 1. The Hall–Kier alpha value is -2.41. The van der Waals surface area contributed by atoms with Crippen LogP contribution in [0.3, 0.4) is 0 Å². The number of nitrogens with two attached hydrogens (primary N) is 2. The molecule has 24 heavy (non-hydrogen) atoms. The Morgan fingerprint density at radius 3 is 2.96 bits per heavy atom. The van der Waals surface area contributed by atoms with Crippen LogP contribution in [0.25, 0.3) is 0 Å². The van der Waals surface area contributed by atoms with E-state index in [0.717, 1.165) is 37.3 Å². The molecule has 5 N–H and O–H groups in total. The Labute approximate surface area is 145 Å². The van der Waals surface area contributed by atoms with Gasteiger partial charge in [0, 0.05) is 44.0 Å². The van der Waals surface area contributed by atoms with E-state index in [1.54, 1.807) is 18.3 Å². The van der Waals surface area contributed by atoms with Gasteiger partial charge in [-0.1, -0.05) is 11.6 Å². The number of likely N-dealkylation sites (N-methyl/N-ethyl adjacent to an activating group) is 1. The lowest BCUT2D eigenvalue weighted by molar-refractivity contribution is 0.112. The van der Waals surface area contributed by atoms with E-state index in [2.05, 4.69) is 20.1 Å². The van der Waals surface area contributed by atoms with Crippen molar-refractivity contribution in [2.45, 2.75) is 18.5 Å². The summed E-state index contributed by atoms with van der Waals surface area (Å²) in [6, 6.07) is 4.23. The molecule has 8 heteroatoms. The van der Waals surface area contributed by atoms with Crippen LogP contribution >= 0.6 is 11.6 Å². The standard InChI is InChI=1S/C16H21ClN6O/c1-22(15-3-2-10(9-24)6-20-15)12-4-11-7-21-16(19)13(5-14(17)18)23(11)8-12/h2-3,5-6,9,11-12,21H,4,7-8,18-19H2,1H3/b14-5-. The summed E-state index contributed by atoms with van der Waals surface area (Å²) in [5.74, 6) is 1.43. The maximum atomic E-state index is 10.8. The lowest BCUT2D eigenvalue weighted by Gasteiger charge is -2.34. The van der Waals surface area contributed by atoms with E-state index >= 15 is 0 Å². The number of carbonyl (C=O) groups excluding carboxylic acids is 1. The average molecular weight is 349 g/mol. The first-order chi connectivity index (χ1) is 11.5. The van der Waals surface area contributed by atoms with Crippen LogP contribution in [-0.4, -0.2) is 48.4 Å². The van der Waals surface area contributed by atoms with Crippen LogP contribution in [0, 0.1) is 0 Å². The van der Waals surface area contributed by atoms with Gasteiger partial charge in [0.05, 0.1) is 5.70 Å². The molecule has 0 aromatic carbocycles. The van der Waals surface area contributed by atoms with Gasteiger partial charge in [-0.3, -0.25) is 4.79 Å². The number of nitrogens with one attached hydrogen (secondary N) is 1. The lowest BCUT2D eigenvalue weighted by atomic mass is 10.1. The molecule has 1 saturated heterocycles. The fraction of sp³-hybridized carbons (Fsp3) is 0.375. The Morgan fingerprint density at radius 2 is 2.33 bits per heavy atom. The normalized spacial score (nSPS) is 23.8. The zero-order valence-electron chi connectivity index (χ0n) is 13.4. The van der Waals surface area contributed by atoms with E-state index in [-0.39, 0.29) is 11.2 Å². The third-order valence-corrected chi connectivity index (χ3v) is 4.71. The summed E-state index contributed by atoms with van der Waals surface area (Å²) >= 11 is 5.84. The molecule has 0 amide bonds. The van der Waals surface area contributed by atoms with E-state index in [1.165, 1.54) is 0 Å². The molecule has 0 radical (unpaired) electrons. The molecule has 7 nitrogen and oxygen atoms in total. The fourth-order valence-electron chi connectivity index (χ4n) is 3.29. The molecule has 3 rings (SSSR count). The van der Waals surface area contributed by atoms with Crippen molar-refractivity contribution in [3.05, 3.63) is 46.6 Å². The molecule has 0 aliphatic carbocycles. The van der Waals surface area contributed by atoms with Gasteiger partial charge in [0.1, 0.15) is 16.8 Å². The van der Waals surface area contributed by atoms with Crippen molar-refractivity contribution in [1.82, 2.24) is 15.2 Å². The van der Waals surface area contributed by atoms with Gasteiger partial charge >= 0.3 is 0 Å². The number of rotatable bonds is 4. The van der Waals surface area contributed by atoms with Crippen molar-refractivity contribution in [3.63, 3.8) is 0 Å². The molecule has 2 unspecified atom stereocenters. The average Bonchev–Trinajstić information content (AvgIpc) is 3.01. The summed E-state index contributed by atoms with van der Waals surface area (Å²) in [6.07, 6.45) is 5.03. The van der Waals surface area contributed by atoms with Crippen LogP contribution in [0.15, 0.2) is 41.1 Å². The predicted octanol–water partition coefficient (Wildman–Crippen LogP) is 0.543. The maximum Gasteiger partial charge on any atom is 0.151 e. The van der Waals surface area contributed by atoms with Gasteiger partial charge < -0.3 is 26.6 Å². The molecule has 0 bridgehead atoms. The Balaban J connectivity index is 1.78. The topological polar surface area (TPSA) is 101 Å². The fourth-order valence-corrected chi connectivity index (χ4v) is 3.39. The maximum absolute atomic E-state index is 10.8. The smallest absolute Gasteiger partial charge is 0.151 e. The van der Waals surface area contributed by atoms with Crippen molar-refractivity contribution in [1.29, 1.82) is 0 Å². The van der Waals surface area contributed by atoms with Crippen molar-refractivity contribution in [2.24, 2.45) is 11.5 Å². The number of carbonyl (C=O) groups is 1. The van der Waals surface area contributed by atoms with E-state index in [9.17, 15) is 4.79 Å². The third-order valence-electron chi connectivity index (χ3n) is 4.60. The van der Waals surface area contributed by atoms with Crippen LogP contribution in [-0.2, 0) is 0 Å². The highest BCUT2D eigenvalue weighted by atomic mass is 35.5. The first-order valence-electron chi connectivity index (χ1n) is 7.76. The van der Waals surface area contributed by atoms with Gasteiger partial charge in [-0.25, -0.2) is 4.98 Å². The highest BCUT2D eigenvalue weighted by Crippen LogP contribution is 2.30. The molecule has 2 aliphatic rings. The van der Waals surface area contributed by atoms with Crippen LogP contribution in [0.4, 0.5) is 5.82 Å². The molecular weight excluding hydrogens is 328 g/mol.